The van der Waals surface area contributed by atoms with Crippen LogP contribution in [0.1, 0.15) is 59.0 Å². The molecule has 8 nitrogen and oxygen atoms in total. The van der Waals surface area contributed by atoms with Crippen molar-refractivity contribution in [2.45, 2.75) is 46.6 Å². The van der Waals surface area contributed by atoms with Crippen molar-refractivity contribution in [2.24, 2.45) is 10.9 Å². The van der Waals surface area contributed by atoms with E-state index in [2.05, 4.69) is 30.1 Å². The lowest BCUT2D eigenvalue weighted by Gasteiger charge is -2.16. The van der Waals surface area contributed by atoms with Crippen LogP contribution in [-0.4, -0.2) is 38.2 Å². The van der Waals surface area contributed by atoms with Gasteiger partial charge in [-0.15, -0.1) is 21.5 Å². The number of carboxylic acid groups (broad SMARTS) is 1. The number of aliphatic imine (C=N–C) groups is 1. The van der Waals surface area contributed by atoms with Crippen molar-refractivity contribution in [3.8, 4) is 27.9 Å². The number of nitriles is 1. The van der Waals surface area contributed by atoms with Crippen LogP contribution in [0, 0.1) is 38.0 Å². The van der Waals surface area contributed by atoms with Gasteiger partial charge in [-0.05, 0) is 62.9 Å². The summed E-state index contributed by atoms with van der Waals surface area (Å²) in [4.78, 5) is 18.3. The van der Waals surface area contributed by atoms with Crippen molar-refractivity contribution in [1.29, 1.82) is 5.26 Å². The number of hydrogen-bond donors (Lipinski definition) is 1. The number of aliphatic carboxylic acids is 1. The number of aryl methyl sites for hydroxylation is 2. The number of fused-ring (bicyclic) bond motifs is 3. The number of unbranched alkanes of at least 4 members (excludes halogenated alkanes) is 1. The van der Waals surface area contributed by atoms with Gasteiger partial charge in [-0.25, -0.2) is 0 Å². The molecule has 39 heavy (non-hydrogen) atoms. The van der Waals surface area contributed by atoms with Crippen LogP contribution in [0.2, 0.25) is 0 Å². The maximum Gasteiger partial charge on any atom is 0.308 e. The molecule has 2 aromatic carbocycles. The largest absolute Gasteiger partial charge is 0.494 e. The molecule has 9 heteroatoms. The number of rotatable bonds is 8. The third kappa shape index (κ3) is 4.95. The van der Waals surface area contributed by atoms with Gasteiger partial charge < -0.3 is 9.84 Å². The van der Waals surface area contributed by atoms with E-state index < -0.39 is 17.9 Å². The molecule has 0 spiro atoms. The Bertz CT molecular complexity index is 1610. The molecule has 0 amide bonds. The van der Waals surface area contributed by atoms with Crippen LogP contribution in [-0.2, 0) is 4.79 Å². The number of aromatic nitrogens is 3. The third-order valence-electron chi connectivity index (χ3n) is 7.08. The molecule has 0 saturated heterocycles. The van der Waals surface area contributed by atoms with Gasteiger partial charge in [-0.2, -0.15) is 5.26 Å². The predicted molar refractivity (Wildman–Crippen MR) is 151 cm³/mol. The minimum absolute atomic E-state index is 0.472. The first-order valence-corrected chi connectivity index (χ1v) is 13.7. The quantitative estimate of drug-likeness (QED) is 0.266. The highest BCUT2D eigenvalue weighted by atomic mass is 32.1. The van der Waals surface area contributed by atoms with Gasteiger partial charge in [0, 0.05) is 22.4 Å². The molecule has 3 heterocycles. The molecule has 198 valence electrons. The maximum atomic E-state index is 12.1. The van der Waals surface area contributed by atoms with Gasteiger partial charge in [0.2, 0.25) is 0 Å². The number of thiophene rings is 1. The molecule has 1 aliphatic rings. The van der Waals surface area contributed by atoms with E-state index >= 15 is 0 Å². The molecule has 1 N–H and O–H groups in total. The van der Waals surface area contributed by atoms with Crippen molar-refractivity contribution >= 4 is 23.0 Å². The van der Waals surface area contributed by atoms with Crippen molar-refractivity contribution in [2.75, 3.05) is 6.61 Å². The lowest BCUT2D eigenvalue weighted by molar-refractivity contribution is -0.141. The van der Waals surface area contributed by atoms with Crippen molar-refractivity contribution < 1.29 is 14.6 Å². The summed E-state index contributed by atoms with van der Waals surface area (Å²) in [6.07, 6.45) is 1.16. The van der Waals surface area contributed by atoms with Crippen molar-refractivity contribution in [3.05, 3.63) is 81.7 Å². The van der Waals surface area contributed by atoms with Gasteiger partial charge in [0.15, 0.2) is 5.82 Å². The Balaban J connectivity index is 1.56. The topological polar surface area (TPSA) is 113 Å². The van der Waals surface area contributed by atoms with E-state index in [1.807, 2.05) is 60.0 Å². The standard InChI is InChI=1S/C30H29N5O3S/c1-17-19(3)39-29-25(17)27(32-26(18(2)30(36)37)28-34-33-20(4)35(28)29)22-12-10-21(11-13-22)23-8-7-9-24(16-23)38-15-6-5-14-31/h7-13,16,18,26H,5-6,15H2,1-4H3,(H,36,37)/t18?,26-/m0/s1. The van der Waals surface area contributed by atoms with Gasteiger partial charge in [-0.1, -0.05) is 36.4 Å². The summed E-state index contributed by atoms with van der Waals surface area (Å²) in [6, 6.07) is 17.5. The second-order valence-corrected chi connectivity index (χ2v) is 10.9. The van der Waals surface area contributed by atoms with E-state index in [0.29, 0.717) is 31.1 Å². The summed E-state index contributed by atoms with van der Waals surface area (Å²) in [5.74, 6) is 0.298. The minimum Gasteiger partial charge on any atom is -0.494 e. The monoisotopic (exact) mass is 539 g/mol. The van der Waals surface area contributed by atoms with Gasteiger partial charge in [0.05, 0.1) is 24.3 Å². The first-order valence-electron chi connectivity index (χ1n) is 12.8. The van der Waals surface area contributed by atoms with Crippen LogP contribution in [0.3, 0.4) is 0 Å². The van der Waals surface area contributed by atoms with Crippen LogP contribution >= 0.6 is 11.3 Å². The highest BCUT2D eigenvalue weighted by Gasteiger charge is 2.36. The Kier molecular flexibility index (Phi) is 7.31. The van der Waals surface area contributed by atoms with Crippen molar-refractivity contribution in [3.63, 3.8) is 0 Å². The number of carbonyl (C=O) groups is 1. The van der Waals surface area contributed by atoms with E-state index in [0.717, 1.165) is 44.3 Å². The molecule has 1 aliphatic heterocycles. The zero-order valence-corrected chi connectivity index (χ0v) is 23.1. The molecule has 0 bridgehead atoms. The molecule has 2 atom stereocenters. The lowest BCUT2D eigenvalue weighted by atomic mass is 9.96. The maximum absolute atomic E-state index is 12.1. The highest BCUT2D eigenvalue weighted by Crippen LogP contribution is 2.40. The Hall–Kier alpha value is -4.29. The fourth-order valence-corrected chi connectivity index (χ4v) is 5.96. The van der Waals surface area contributed by atoms with Crippen LogP contribution in [0.5, 0.6) is 5.75 Å². The summed E-state index contributed by atoms with van der Waals surface area (Å²) in [6.45, 7) is 8.21. The second-order valence-electron chi connectivity index (χ2n) is 9.67. The van der Waals surface area contributed by atoms with Gasteiger partial charge in [-0.3, -0.25) is 14.4 Å². The molecule has 5 rings (SSSR count). The molecule has 1 unspecified atom stereocenters. The van der Waals surface area contributed by atoms with Crippen LogP contribution in [0.4, 0.5) is 0 Å². The number of benzene rings is 2. The molecule has 0 fully saturated rings. The molecule has 4 aromatic rings. The van der Waals surface area contributed by atoms with Crippen LogP contribution in [0.25, 0.3) is 16.1 Å². The summed E-state index contributed by atoms with van der Waals surface area (Å²) in [7, 11) is 0. The Morgan fingerprint density at radius 3 is 2.59 bits per heavy atom. The summed E-state index contributed by atoms with van der Waals surface area (Å²) < 4.78 is 7.78. The van der Waals surface area contributed by atoms with Gasteiger partial charge in [0.1, 0.15) is 22.6 Å². The van der Waals surface area contributed by atoms with E-state index in [1.165, 1.54) is 4.88 Å². The number of carboxylic acids is 1. The van der Waals surface area contributed by atoms with Gasteiger partial charge >= 0.3 is 5.97 Å². The van der Waals surface area contributed by atoms with Crippen molar-refractivity contribution in [1.82, 2.24) is 14.8 Å². The lowest BCUT2D eigenvalue weighted by Crippen LogP contribution is -2.21. The average Bonchev–Trinajstić information content (AvgIpc) is 3.40. The first kappa shape index (κ1) is 26.3. The fraction of sp³-hybridized carbons (Fsp3) is 0.300. The normalized spacial score (nSPS) is 14.9. The van der Waals surface area contributed by atoms with E-state index in [4.69, 9.17) is 15.0 Å². The zero-order valence-electron chi connectivity index (χ0n) is 22.3. The predicted octanol–water partition coefficient (Wildman–Crippen LogP) is 6.22. The third-order valence-corrected chi connectivity index (χ3v) is 8.27. The number of ether oxygens (including phenoxy) is 1. The number of hydrogen-bond acceptors (Lipinski definition) is 7. The SMILES string of the molecule is Cc1sc2c(c1C)C(c1ccc(-c3cccc(OCCCC#N)c3)cc1)=N[C@@H](C(C)C(=O)O)c1nnc(C)n1-2. The second kappa shape index (κ2) is 10.8. The first-order chi connectivity index (χ1) is 18.8. The molecule has 0 saturated carbocycles. The molecular formula is C30H29N5O3S. The fourth-order valence-electron chi connectivity index (χ4n) is 4.74. The molecule has 0 aliphatic carbocycles. The van der Waals surface area contributed by atoms with Gasteiger partial charge in [0.25, 0.3) is 0 Å². The molecule has 2 aromatic heterocycles. The Morgan fingerprint density at radius 1 is 1.13 bits per heavy atom. The summed E-state index contributed by atoms with van der Waals surface area (Å²) >= 11 is 1.65. The highest BCUT2D eigenvalue weighted by molar-refractivity contribution is 7.15. The minimum atomic E-state index is -0.932. The molecule has 0 radical (unpaired) electrons. The summed E-state index contributed by atoms with van der Waals surface area (Å²) in [5.41, 5.74) is 5.81. The van der Waals surface area contributed by atoms with Crippen LogP contribution in [0.15, 0.2) is 53.5 Å². The number of nitrogens with zero attached hydrogens (tertiary/aromatic N) is 5. The van der Waals surface area contributed by atoms with E-state index in [1.54, 1.807) is 18.3 Å². The van der Waals surface area contributed by atoms with Crippen LogP contribution < -0.4 is 4.74 Å². The summed E-state index contributed by atoms with van der Waals surface area (Å²) in [5, 5.41) is 28.3. The smallest absolute Gasteiger partial charge is 0.308 e. The van der Waals surface area contributed by atoms with E-state index in [-0.39, 0.29) is 0 Å². The Labute approximate surface area is 231 Å². The molecular weight excluding hydrogens is 510 g/mol. The zero-order chi connectivity index (χ0) is 27.7. The Morgan fingerprint density at radius 2 is 1.87 bits per heavy atom. The van der Waals surface area contributed by atoms with E-state index in [9.17, 15) is 9.90 Å². The average molecular weight is 540 g/mol.